The Balaban J connectivity index is 1.58. The summed E-state index contributed by atoms with van der Waals surface area (Å²) in [5, 5.41) is 13.9. The lowest BCUT2D eigenvalue weighted by Gasteiger charge is -2.34. The van der Waals surface area contributed by atoms with Gasteiger partial charge in [0, 0.05) is 30.4 Å². The van der Waals surface area contributed by atoms with E-state index in [0.29, 0.717) is 17.2 Å². The van der Waals surface area contributed by atoms with E-state index in [2.05, 4.69) is 25.0 Å². The second-order valence-electron chi connectivity index (χ2n) is 7.95. The first-order valence-corrected chi connectivity index (χ1v) is 10.4. The number of nitrogens with zero attached hydrogens (tertiary/aromatic N) is 7. The van der Waals surface area contributed by atoms with Gasteiger partial charge in [-0.1, -0.05) is 6.07 Å². The zero-order valence-corrected chi connectivity index (χ0v) is 17.5. The van der Waals surface area contributed by atoms with Gasteiger partial charge in [0.25, 0.3) is 12.0 Å². The highest BCUT2D eigenvalue weighted by Crippen LogP contribution is 2.46. The van der Waals surface area contributed by atoms with Crippen LogP contribution in [0.5, 0.6) is 0 Å². The van der Waals surface area contributed by atoms with Crippen LogP contribution in [0.4, 0.5) is 8.78 Å². The van der Waals surface area contributed by atoms with Gasteiger partial charge in [0.2, 0.25) is 0 Å². The van der Waals surface area contributed by atoms with Gasteiger partial charge in [-0.2, -0.15) is 10.4 Å². The third-order valence-corrected chi connectivity index (χ3v) is 6.11. The average molecular weight is 448 g/mol. The molecule has 11 heteroatoms. The van der Waals surface area contributed by atoms with E-state index in [0.717, 1.165) is 12.8 Å². The number of alkyl halides is 2. The van der Waals surface area contributed by atoms with Crippen molar-refractivity contribution in [2.24, 2.45) is 0 Å². The van der Waals surface area contributed by atoms with Gasteiger partial charge in [0.05, 0.1) is 6.04 Å². The molecule has 0 bridgehead atoms. The highest BCUT2D eigenvalue weighted by molar-refractivity contribution is 5.80. The van der Waals surface area contributed by atoms with E-state index in [1.807, 2.05) is 6.07 Å². The molecule has 0 spiro atoms. The van der Waals surface area contributed by atoms with Crippen LogP contribution in [0.3, 0.4) is 0 Å². The minimum absolute atomic E-state index is 0.0297. The maximum atomic E-state index is 12.9. The molecule has 0 aliphatic heterocycles. The molecule has 3 atom stereocenters. The zero-order chi connectivity index (χ0) is 23.1. The first-order chi connectivity index (χ1) is 16.0. The van der Waals surface area contributed by atoms with E-state index >= 15 is 0 Å². The Morgan fingerprint density at radius 1 is 1.18 bits per heavy atom. The molecule has 0 radical (unpaired) electrons. The van der Waals surface area contributed by atoms with Crippen molar-refractivity contribution in [3.63, 3.8) is 0 Å². The molecule has 4 aromatic rings. The van der Waals surface area contributed by atoms with Gasteiger partial charge in [0.15, 0.2) is 11.3 Å². The smallest absolute Gasteiger partial charge is 0.280 e. The maximum absolute atomic E-state index is 12.9. The first-order valence-electron chi connectivity index (χ1n) is 10.4. The lowest BCUT2D eigenvalue weighted by molar-refractivity contribution is 0.146. The number of pyridine rings is 1. The van der Waals surface area contributed by atoms with Crippen molar-refractivity contribution in [2.75, 3.05) is 0 Å². The van der Waals surface area contributed by atoms with Crippen LogP contribution in [0, 0.1) is 11.3 Å². The molecule has 4 aromatic heterocycles. The summed E-state index contributed by atoms with van der Waals surface area (Å²) < 4.78 is 27.2. The number of hydrogen-bond acceptors (Lipinski definition) is 7. The van der Waals surface area contributed by atoms with Crippen LogP contribution in [-0.2, 0) is 0 Å². The number of rotatable bonds is 5. The summed E-state index contributed by atoms with van der Waals surface area (Å²) in [4.78, 5) is 32.9. The van der Waals surface area contributed by atoms with E-state index in [4.69, 9.17) is 4.98 Å². The topological polar surface area (TPSA) is 126 Å². The Morgan fingerprint density at radius 2 is 1.94 bits per heavy atom. The Hall–Kier alpha value is -4.07. The normalized spacial score (nSPS) is 18.8. The Bertz CT molecular complexity index is 1410. The zero-order valence-electron chi connectivity index (χ0n) is 17.5. The molecule has 0 saturated heterocycles. The predicted octanol–water partition coefficient (Wildman–Crippen LogP) is 3.38. The minimum Gasteiger partial charge on any atom is -0.310 e. The second-order valence-corrected chi connectivity index (χ2v) is 7.95. The Morgan fingerprint density at radius 3 is 2.55 bits per heavy atom. The Labute approximate surface area is 186 Å². The SMILES string of the molecule is C[C@@H](c1ccc(C(F)F)nc1)n1nc(C#N)c2c(=O)[nH]c([C@@H]3CC[C@H]3c3ncccn3)nc21. The second kappa shape index (κ2) is 8.12. The largest absolute Gasteiger partial charge is 0.310 e. The van der Waals surface area contributed by atoms with E-state index in [1.165, 1.54) is 23.0 Å². The van der Waals surface area contributed by atoms with Gasteiger partial charge in [-0.15, -0.1) is 0 Å². The van der Waals surface area contributed by atoms with Crippen LogP contribution in [0.25, 0.3) is 11.0 Å². The van der Waals surface area contributed by atoms with Crippen molar-refractivity contribution in [3.8, 4) is 6.07 Å². The van der Waals surface area contributed by atoms with E-state index in [-0.39, 0.29) is 34.3 Å². The van der Waals surface area contributed by atoms with Crippen LogP contribution >= 0.6 is 0 Å². The number of nitriles is 1. The van der Waals surface area contributed by atoms with Gasteiger partial charge in [0.1, 0.15) is 28.8 Å². The minimum atomic E-state index is -2.67. The van der Waals surface area contributed by atoms with Crippen LogP contribution in [-0.4, -0.2) is 34.7 Å². The fourth-order valence-corrected chi connectivity index (χ4v) is 4.16. The van der Waals surface area contributed by atoms with E-state index in [9.17, 15) is 18.8 Å². The molecule has 0 amide bonds. The molecule has 4 heterocycles. The van der Waals surface area contributed by atoms with Gasteiger partial charge < -0.3 is 4.98 Å². The third kappa shape index (κ3) is 3.53. The molecule has 1 aliphatic rings. The highest BCUT2D eigenvalue weighted by Gasteiger charge is 2.37. The summed E-state index contributed by atoms with van der Waals surface area (Å²) >= 11 is 0. The molecular weight excluding hydrogens is 430 g/mol. The summed E-state index contributed by atoms with van der Waals surface area (Å²) in [5.41, 5.74) is 0.0261. The number of aromatic amines is 1. The summed E-state index contributed by atoms with van der Waals surface area (Å²) in [7, 11) is 0. The third-order valence-electron chi connectivity index (χ3n) is 6.11. The fraction of sp³-hybridized carbons (Fsp3) is 0.318. The molecular formula is C22H18F2N8O. The lowest BCUT2D eigenvalue weighted by Crippen LogP contribution is -2.28. The summed E-state index contributed by atoms with van der Waals surface area (Å²) in [6.07, 6.45) is 3.72. The molecule has 9 nitrogen and oxygen atoms in total. The van der Waals surface area contributed by atoms with Gasteiger partial charge >= 0.3 is 0 Å². The first kappa shape index (κ1) is 20.8. The summed E-state index contributed by atoms with van der Waals surface area (Å²) in [5.74, 6) is 1.14. The molecule has 5 rings (SSSR count). The Kier molecular flexibility index (Phi) is 5.12. The molecule has 0 aromatic carbocycles. The summed E-state index contributed by atoms with van der Waals surface area (Å²) in [6, 6.07) is 5.97. The van der Waals surface area contributed by atoms with Crippen molar-refractivity contribution in [1.29, 1.82) is 5.26 Å². The van der Waals surface area contributed by atoms with Crippen molar-refractivity contribution in [1.82, 2.24) is 34.7 Å². The van der Waals surface area contributed by atoms with Crippen molar-refractivity contribution >= 4 is 11.0 Å². The van der Waals surface area contributed by atoms with Crippen molar-refractivity contribution in [3.05, 3.63) is 75.7 Å². The van der Waals surface area contributed by atoms with Crippen molar-refractivity contribution in [2.45, 2.75) is 44.1 Å². The van der Waals surface area contributed by atoms with E-state index < -0.39 is 18.0 Å². The van der Waals surface area contributed by atoms with Gasteiger partial charge in [-0.05, 0) is 37.5 Å². The maximum Gasteiger partial charge on any atom is 0.280 e. The van der Waals surface area contributed by atoms with Gasteiger partial charge in [-0.25, -0.2) is 28.4 Å². The predicted molar refractivity (Wildman–Crippen MR) is 113 cm³/mol. The number of H-pyrrole nitrogens is 1. The molecule has 0 unspecified atom stereocenters. The standard InChI is InChI=1S/C22H18F2N8O/c1-11(12-3-6-15(18(23)24)28-10-12)32-21-17(16(9-25)31-32)22(33)30-20(29-21)14-5-4-13(14)19-26-7-2-8-27-19/h2-3,6-8,10-11,13-14,18H,4-5H2,1H3,(H,29,30,33)/t11-,13+,14+/m0/s1. The van der Waals surface area contributed by atoms with Crippen LogP contribution in [0.1, 0.15) is 72.7 Å². The highest BCUT2D eigenvalue weighted by atomic mass is 19.3. The number of nitrogens with one attached hydrogen (secondary N) is 1. The van der Waals surface area contributed by atoms with Crippen molar-refractivity contribution < 1.29 is 8.78 Å². The lowest BCUT2D eigenvalue weighted by atomic mass is 9.72. The number of hydrogen-bond donors (Lipinski definition) is 1. The van der Waals surface area contributed by atoms with Crippen LogP contribution in [0.15, 0.2) is 41.6 Å². The monoisotopic (exact) mass is 448 g/mol. The molecule has 1 N–H and O–H groups in total. The van der Waals surface area contributed by atoms with E-state index in [1.54, 1.807) is 25.4 Å². The average Bonchev–Trinajstić information content (AvgIpc) is 3.18. The van der Waals surface area contributed by atoms with Gasteiger partial charge in [-0.3, -0.25) is 9.78 Å². The molecule has 1 fully saturated rings. The fourth-order valence-electron chi connectivity index (χ4n) is 4.16. The summed E-state index contributed by atoms with van der Waals surface area (Å²) in [6.45, 7) is 1.78. The molecule has 1 aliphatic carbocycles. The molecule has 1 saturated carbocycles. The van der Waals surface area contributed by atoms with Crippen LogP contribution in [0.2, 0.25) is 0 Å². The number of aromatic nitrogens is 7. The van der Waals surface area contributed by atoms with Crippen LogP contribution < -0.4 is 5.56 Å². The molecule has 166 valence electrons. The number of halogens is 2. The molecule has 33 heavy (non-hydrogen) atoms. The number of fused-ring (bicyclic) bond motifs is 1. The quantitative estimate of drug-likeness (QED) is 0.496.